The third kappa shape index (κ3) is 2.36. The number of carboxylic acids is 1. The molecule has 5 heteroatoms. The van der Waals surface area contributed by atoms with E-state index in [1.165, 1.54) is 24.2 Å². The Morgan fingerprint density at radius 1 is 1.61 bits per heavy atom. The second kappa shape index (κ2) is 5.26. The van der Waals surface area contributed by atoms with Crippen molar-refractivity contribution in [2.75, 3.05) is 11.4 Å². The van der Waals surface area contributed by atoms with Gasteiger partial charge in [0.2, 0.25) is 0 Å². The van der Waals surface area contributed by atoms with Gasteiger partial charge in [-0.05, 0) is 25.2 Å². The minimum atomic E-state index is -0.851. The van der Waals surface area contributed by atoms with E-state index < -0.39 is 5.97 Å². The number of thiazole rings is 1. The molecular weight excluding hydrogens is 248 g/mol. The fourth-order valence-corrected chi connectivity index (χ4v) is 3.67. The van der Waals surface area contributed by atoms with E-state index in [0.29, 0.717) is 23.3 Å². The highest BCUT2D eigenvalue weighted by atomic mass is 32.1. The predicted octanol–water partition coefficient (Wildman–Crippen LogP) is 3.03. The maximum absolute atomic E-state index is 11.2. The largest absolute Gasteiger partial charge is 0.477 e. The number of carbonyl (C=O) groups is 1. The van der Waals surface area contributed by atoms with Gasteiger partial charge in [-0.2, -0.15) is 0 Å². The van der Waals surface area contributed by atoms with Gasteiger partial charge in [-0.1, -0.05) is 32.1 Å². The average Bonchev–Trinajstić information content (AvgIpc) is 2.94. The monoisotopic (exact) mass is 268 g/mol. The van der Waals surface area contributed by atoms with Crippen LogP contribution < -0.4 is 4.90 Å². The van der Waals surface area contributed by atoms with Crippen LogP contribution in [-0.4, -0.2) is 28.6 Å². The Balaban J connectivity index is 2.30. The maximum Gasteiger partial charge on any atom is 0.347 e. The van der Waals surface area contributed by atoms with Gasteiger partial charge in [0, 0.05) is 12.6 Å². The summed E-state index contributed by atoms with van der Waals surface area (Å²) in [5, 5.41) is 10.1. The molecule has 1 aliphatic heterocycles. The lowest BCUT2D eigenvalue weighted by atomic mass is 10.0. The average molecular weight is 268 g/mol. The quantitative estimate of drug-likeness (QED) is 0.912. The summed E-state index contributed by atoms with van der Waals surface area (Å²) in [5.74, 6) is -0.273. The van der Waals surface area contributed by atoms with E-state index in [1.807, 2.05) is 6.92 Å². The molecule has 18 heavy (non-hydrogen) atoms. The van der Waals surface area contributed by atoms with Gasteiger partial charge in [0.15, 0.2) is 5.13 Å². The van der Waals surface area contributed by atoms with Crippen molar-refractivity contribution in [1.82, 2.24) is 4.98 Å². The molecule has 0 radical (unpaired) electrons. The highest BCUT2D eigenvalue weighted by Gasteiger charge is 2.30. The molecule has 1 aliphatic rings. The topological polar surface area (TPSA) is 53.4 Å². The maximum atomic E-state index is 11.2. The van der Waals surface area contributed by atoms with E-state index in [-0.39, 0.29) is 0 Å². The van der Waals surface area contributed by atoms with E-state index in [1.54, 1.807) is 0 Å². The summed E-state index contributed by atoms with van der Waals surface area (Å²) in [6, 6.07) is 0.502. The second-order valence-electron chi connectivity index (χ2n) is 5.08. The summed E-state index contributed by atoms with van der Waals surface area (Å²) in [5.41, 5.74) is 0.719. The van der Waals surface area contributed by atoms with Gasteiger partial charge in [-0.25, -0.2) is 9.78 Å². The van der Waals surface area contributed by atoms with Gasteiger partial charge in [-0.3, -0.25) is 0 Å². The number of hydrogen-bond acceptors (Lipinski definition) is 4. The standard InChI is InChI=1S/C13H20N2O2S/c1-4-9-11(12(16)17)18-13(14-9)15-7-5-6-10(15)8(2)3/h8,10H,4-7H2,1-3H3,(H,16,17). The zero-order valence-corrected chi connectivity index (χ0v) is 12.0. The van der Waals surface area contributed by atoms with Crippen LogP contribution >= 0.6 is 11.3 Å². The van der Waals surface area contributed by atoms with Crippen LogP contribution in [0.25, 0.3) is 0 Å². The van der Waals surface area contributed by atoms with Crippen LogP contribution in [0.15, 0.2) is 0 Å². The fourth-order valence-electron chi connectivity index (χ4n) is 2.59. The number of rotatable bonds is 4. The van der Waals surface area contributed by atoms with E-state index in [4.69, 9.17) is 0 Å². The Morgan fingerprint density at radius 2 is 2.33 bits per heavy atom. The van der Waals surface area contributed by atoms with Crippen LogP contribution in [0.2, 0.25) is 0 Å². The van der Waals surface area contributed by atoms with E-state index in [2.05, 4.69) is 23.7 Å². The number of anilines is 1. The molecule has 1 saturated heterocycles. The van der Waals surface area contributed by atoms with Crippen molar-refractivity contribution in [2.45, 2.75) is 46.1 Å². The van der Waals surface area contributed by atoms with Crippen LogP contribution in [0.5, 0.6) is 0 Å². The summed E-state index contributed by atoms with van der Waals surface area (Å²) >= 11 is 1.33. The normalized spacial score (nSPS) is 19.8. The molecule has 2 rings (SSSR count). The first kappa shape index (κ1) is 13.3. The molecule has 0 saturated carbocycles. The first-order valence-corrected chi connectivity index (χ1v) is 7.35. The van der Waals surface area contributed by atoms with Crippen molar-refractivity contribution in [3.05, 3.63) is 10.6 Å². The zero-order chi connectivity index (χ0) is 13.3. The van der Waals surface area contributed by atoms with Crippen LogP contribution in [0.3, 0.4) is 0 Å². The zero-order valence-electron chi connectivity index (χ0n) is 11.1. The Labute approximate surface area is 112 Å². The number of aromatic carboxylic acids is 1. The molecule has 1 unspecified atom stereocenters. The molecule has 0 spiro atoms. The molecule has 1 atom stereocenters. The van der Waals surface area contributed by atoms with E-state index >= 15 is 0 Å². The minimum Gasteiger partial charge on any atom is -0.477 e. The van der Waals surface area contributed by atoms with Crippen molar-refractivity contribution in [2.24, 2.45) is 5.92 Å². The smallest absolute Gasteiger partial charge is 0.347 e. The van der Waals surface area contributed by atoms with Crippen molar-refractivity contribution in [3.8, 4) is 0 Å². The molecule has 0 aromatic carbocycles. The summed E-state index contributed by atoms with van der Waals surface area (Å²) in [7, 11) is 0. The SMILES string of the molecule is CCc1nc(N2CCCC2C(C)C)sc1C(=O)O. The number of aryl methyl sites for hydroxylation is 1. The van der Waals surface area contributed by atoms with Gasteiger partial charge in [0.1, 0.15) is 4.88 Å². The first-order valence-electron chi connectivity index (χ1n) is 6.54. The van der Waals surface area contributed by atoms with Crippen LogP contribution in [0, 0.1) is 5.92 Å². The molecule has 100 valence electrons. The highest BCUT2D eigenvalue weighted by molar-refractivity contribution is 7.17. The molecule has 0 amide bonds. The summed E-state index contributed by atoms with van der Waals surface area (Å²) in [6.45, 7) is 7.39. The molecular formula is C13H20N2O2S. The van der Waals surface area contributed by atoms with Gasteiger partial charge in [0.05, 0.1) is 5.69 Å². The van der Waals surface area contributed by atoms with E-state index in [9.17, 15) is 9.90 Å². The molecule has 1 N–H and O–H groups in total. The lowest BCUT2D eigenvalue weighted by Gasteiger charge is -2.27. The van der Waals surface area contributed by atoms with Crippen molar-refractivity contribution < 1.29 is 9.90 Å². The van der Waals surface area contributed by atoms with Crippen molar-refractivity contribution >= 4 is 22.4 Å². The third-order valence-electron chi connectivity index (χ3n) is 3.53. The summed E-state index contributed by atoms with van der Waals surface area (Å²) in [6.07, 6.45) is 3.03. The van der Waals surface area contributed by atoms with Crippen LogP contribution in [0.1, 0.15) is 49.0 Å². The van der Waals surface area contributed by atoms with Crippen molar-refractivity contribution in [1.29, 1.82) is 0 Å². The molecule has 4 nitrogen and oxygen atoms in total. The molecule has 1 fully saturated rings. The number of aromatic nitrogens is 1. The molecule has 0 aliphatic carbocycles. The third-order valence-corrected chi connectivity index (χ3v) is 4.65. The fraction of sp³-hybridized carbons (Fsp3) is 0.692. The number of hydrogen-bond donors (Lipinski definition) is 1. The van der Waals surface area contributed by atoms with Gasteiger partial charge < -0.3 is 10.0 Å². The Hall–Kier alpha value is -1.10. The lowest BCUT2D eigenvalue weighted by molar-refractivity contribution is 0.0701. The van der Waals surface area contributed by atoms with Crippen LogP contribution in [0.4, 0.5) is 5.13 Å². The molecule has 1 aromatic heterocycles. The Kier molecular flexibility index (Phi) is 3.90. The molecule has 2 heterocycles. The predicted molar refractivity (Wildman–Crippen MR) is 73.7 cm³/mol. The molecule has 0 bridgehead atoms. The van der Waals surface area contributed by atoms with Gasteiger partial charge in [0.25, 0.3) is 0 Å². The van der Waals surface area contributed by atoms with Gasteiger partial charge >= 0.3 is 5.97 Å². The first-order chi connectivity index (χ1) is 8.54. The highest BCUT2D eigenvalue weighted by Crippen LogP contribution is 2.34. The Bertz CT molecular complexity index is 442. The van der Waals surface area contributed by atoms with Crippen molar-refractivity contribution in [3.63, 3.8) is 0 Å². The summed E-state index contributed by atoms with van der Waals surface area (Å²) < 4.78 is 0. The van der Waals surface area contributed by atoms with Crippen LogP contribution in [-0.2, 0) is 6.42 Å². The second-order valence-corrected chi connectivity index (χ2v) is 6.06. The van der Waals surface area contributed by atoms with E-state index in [0.717, 1.165) is 17.4 Å². The Morgan fingerprint density at radius 3 is 2.83 bits per heavy atom. The summed E-state index contributed by atoms with van der Waals surface area (Å²) in [4.78, 5) is 18.4. The molecule has 1 aromatic rings. The lowest BCUT2D eigenvalue weighted by Crippen LogP contribution is -2.33. The number of nitrogens with zero attached hydrogens (tertiary/aromatic N) is 2. The number of carboxylic acid groups (broad SMARTS) is 1. The van der Waals surface area contributed by atoms with Gasteiger partial charge in [-0.15, -0.1) is 0 Å². The minimum absolute atomic E-state index is 0.405.